The molecule has 0 saturated carbocycles. The lowest BCUT2D eigenvalue weighted by atomic mass is 9.85. The molecule has 0 aliphatic rings. The third kappa shape index (κ3) is 1.65. The zero-order valence-corrected chi connectivity index (χ0v) is 10.1. The Morgan fingerprint density at radius 1 is 1.20 bits per heavy atom. The Balaban J connectivity index is 2.76. The molecule has 2 nitrogen and oxygen atoms in total. The Hall–Kier alpha value is -1.31. The normalized spacial score (nSPS) is 12.3. The summed E-state index contributed by atoms with van der Waals surface area (Å²) >= 11 is 0. The number of benzene rings is 1. The average Bonchev–Trinajstić information content (AvgIpc) is 2.47. The predicted molar refractivity (Wildman–Crippen MR) is 64.2 cm³/mol. The molecule has 80 valence electrons. The van der Waals surface area contributed by atoms with Gasteiger partial charge in [0.2, 0.25) is 0 Å². The summed E-state index contributed by atoms with van der Waals surface area (Å²) in [6.45, 7) is 8.87. The Bertz CT molecular complexity index is 501. The van der Waals surface area contributed by atoms with Crippen molar-refractivity contribution in [3.05, 3.63) is 29.5 Å². The second-order valence-electron chi connectivity index (χ2n) is 5.24. The first-order valence-corrected chi connectivity index (χ1v) is 5.32. The fraction of sp³-hybridized carbons (Fsp3) is 0.462. The number of rotatable bonds is 0. The summed E-state index contributed by atoms with van der Waals surface area (Å²) in [6, 6.07) is 4.51. The maximum atomic E-state index is 4.30. The molecule has 0 saturated heterocycles. The highest BCUT2D eigenvalue weighted by molar-refractivity contribution is 5.83. The van der Waals surface area contributed by atoms with Crippen molar-refractivity contribution in [1.29, 1.82) is 0 Å². The molecule has 15 heavy (non-hydrogen) atoms. The van der Waals surface area contributed by atoms with Crippen molar-refractivity contribution in [2.24, 2.45) is 7.05 Å². The van der Waals surface area contributed by atoms with Crippen molar-refractivity contribution < 1.29 is 0 Å². The maximum absolute atomic E-state index is 4.30. The number of aryl methyl sites for hydroxylation is 2. The Morgan fingerprint density at radius 3 is 2.47 bits per heavy atom. The molecule has 0 radical (unpaired) electrons. The summed E-state index contributed by atoms with van der Waals surface area (Å²) in [6.07, 6.45) is 1.94. The van der Waals surface area contributed by atoms with E-state index in [1.807, 2.05) is 17.9 Å². The second-order valence-corrected chi connectivity index (χ2v) is 5.24. The molecule has 0 aliphatic carbocycles. The number of aromatic nitrogens is 2. The van der Waals surface area contributed by atoms with Gasteiger partial charge in [0.25, 0.3) is 0 Å². The minimum atomic E-state index is 0.198. The Kier molecular flexibility index (Phi) is 2.10. The molecular formula is C13H18N2. The van der Waals surface area contributed by atoms with E-state index in [1.165, 1.54) is 22.0 Å². The van der Waals surface area contributed by atoms with E-state index in [2.05, 4.69) is 44.9 Å². The van der Waals surface area contributed by atoms with Crippen LogP contribution in [0.5, 0.6) is 0 Å². The molecule has 0 unspecified atom stereocenters. The zero-order valence-electron chi connectivity index (χ0n) is 10.1. The summed E-state index contributed by atoms with van der Waals surface area (Å²) < 4.78 is 1.94. The SMILES string of the molecule is Cc1cc(C(C)(C)C)cc2c1cnn2C. The van der Waals surface area contributed by atoms with Crippen LogP contribution in [0.4, 0.5) is 0 Å². The van der Waals surface area contributed by atoms with Gasteiger partial charge in [0.1, 0.15) is 0 Å². The van der Waals surface area contributed by atoms with Crippen LogP contribution >= 0.6 is 0 Å². The molecule has 0 amide bonds. The number of fused-ring (bicyclic) bond motifs is 1. The summed E-state index contributed by atoms with van der Waals surface area (Å²) in [5.41, 5.74) is 4.10. The van der Waals surface area contributed by atoms with Gasteiger partial charge in [-0.1, -0.05) is 26.8 Å². The van der Waals surface area contributed by atoms with Crippen molar-refractivity contribution in [3.63, 3.8) is 0 Å². The highest BCUT2D eigenvalue weighted by atomic mass is 15.2. The highest BCUT2D eigenvalue weighted by Crippen LogP contribution is 2.28. The standard InChI is InChI=1S/C13H18N2/c1-9-6-10(13(2,3)4)7-12-11(9)8-14-15(12)5/h6-8H,1-5H3. The van der Waals surface area contributed by atoms with Crippen LogP contribution in [0.15, 0.2) is 18.3 Å². The highest BCUT2D eigenvalue weighted by Gasteiger charge is 2.16. The molecule has 2 rings (SSSR count). The Morgan fingerprint density at radius 2 is 1.87 bits per heavy atom. The van der Waals surface area contributed by atoms with Gasteiger partial charge in [-0.2, -0.15) is 5.10 Å². The molecule has 2 heteroatoms. The summed E-state index contributed by atoms with van der Waals surface area (Å²) in [5, 5.41) is 5.55. The maximum Gasteiger partial charge on any atom is 0.0684 e. The lowest BCUT2D eigenvalue weighted by Crippen LogP contribution is -2.11. The van der Waals surface area contributed by atoms with E-state index in [0.717, 1.165) is 0 Å². The summed E-state index contributed by atoms with van der Waals surface area (Å²) in [5.74, 6) is 0. The largest absolute Gasteiger partial charge is 0.268 e. The minimum absolute atomic E-state index is 0.198. The molecule has 1 aromatic carbocycles. The van der Waals surface area contributed by atoms with Gasteiger partial charge in [0, 0.05) is 12.4 Å². The van der Waals surface area contributed by atoms with E-state index >= 15 is 0 Å². The van der Waals surface area contributed by atoms with Gasteiger partial charge in [-0.3, -0.25) is 4.68 Å². The molecule has 0 N–H and O–H groups in total. The van der Waals surface area contributed by atoms with Gasteiger partial charge >= 0.3 is 0 Å². The predicted octanol–water partition coefficient (Wildman–Crippen LogP) is 3.18. The monoisotopic (exact) mass is 202 g/mol. The van der Waals surface area contributed by atoms with Gasteiger partial charge < -0.3 is 0 Å². The molecule has 0 aliphatic heterocycles. The molecule has 1 heterocycles. The molecule has 0 spiro atoms. The number of nitrogens with zero attached hydrogens (tertiary/aromatic N) is 2. The first kappa shape index (κ1) is 10.2. The number of hydrogen-bond donors (Lipinski definition) is 0. The van der Waals surface area contributed by atoms with Crippen LogP contribution in [0.3, 0.4) is 0 Å². The minimum Gasteiger partial charge on any atom is -0.268 e. The molecule has 0 atom stereocenters. The van der Waals surface area contributed by atoms with E-state index in [4.69, 9.17) is 0 Å². The zero-order chi connectivity index (χ0) is 11.2. The topological polar surface area (TPSA) is 17.8 Å². The van der Waals surface area contributed by atoms with Crippen molar-refractivity contribution in [2.45, 2.75) is 33.1 Å². The first-order chi connectivity index (χ1) is 6.89. The van der Waals surface area contributed by atoms with E-state index in [-0.39, 0.29) is 5.41 Å². The van der Waals surface area contributed by atoms with Crippen LogP contribution in [0.2, 0.25) is 0 Å². The molecule has 2 aromatic rings. The molecule has 0 fully saturated rings. The fourth-order valence-electron chi connectivity index (χ4n) is 1.85. The van der Waals surface area contributed by atoms with Crippen LogP contribution in [-0.4, -0.2) is 9.78 Å². The summed E-state index contributed by atoms with van der Waals surface area (Å²) in [7, 11) is 1.99. The van der Waals surface area contributed by atoms with Crippen LogP contribution < -0.4 is 0 Å². The third-order valence-corrected chi connectivity index (χ3v) is 2.94. The van der Waals surface area contributed by atoms with Crippen LogP contribution in [0.25, 0.3) is 10.9 Å². The van der Waals surface area contributed by atoms with E-state index < -0.39 is 0 Å². The molecule has 0 bridgehead atoms. The van der Waals surface area contributed by atoms with Crippen LogP contribution in [0.1, 0.15) is 31.9 Å². The smallest absolute Gasteiger partial charge is 0.0684 e. The van der Waals surface area contributed by atoms with Crippen molar-refractivity contribution in [3.8, 4) is 0 Å². The summed E-state index contributed by atoms with van der Waals surface area (Å²) in [4.78, 5) is 0. The van der Waals surface area contributed by atoms with Gasteiger partial charge in [0.15, 0.2) is 0 Å². The van der Waals surface area contributed by atoms with Gasteiger partial charge in [-0.15, -0.1) is 0 Å². The van der Waals surface area contributed by atoms with Crippen molar-refractivity contribution in [2.75, 3.05) is 0 Å². The van der Waals surface area contributed by atoms with Gasteiger partial charge in [0.05, 0.1) is 11.7 Å². The van der Waals surface area contributed by atoms with E-state index in [0.29, 0.717) is 0 Å². The fourth-order valence-corrected chi connectivity index (χ4v) is 1.85. The van der Waals surface area contributed by atoms with E-state index in [1.54, 1.807) is 0 Å². The third-order valence-electron chi connectivity index (χ3n) is 2.94. The lowest BCUT2D eigenvalue weighted by molar-refractivity contribution is 0.590. The number of hydrogen-bond acceptors (Lipinski definition) is 1. The lowest BCUT2D eigenvalue weighted by Gasteiger charge is -2.20. The Labute approximate surface area is 90.9 Å². The second kappa shape index (κ2) is 3.09. The van der Waals surface area contributed by atoms with Crippen LogP contribution in [0, 0.1) is 6.92 Å². The molecule has 1 aromatic heterocycles. The van der Waals surface area contributed by atoms with E-state index in [9.17, 15) is 0 Å². The van der Waals surface area contributed by atoms with Crippen molar-refractivity contribution >= 4 is 10.9 Å². The first-order valence-electron chi connectivity index (χ1n) is 5.32. The van der Waals surface area contributed by atoms with Gasteiger partial charge in [-0.25, -0.2) is 0 Å². The molecular weight excluding hydrogens is 184 g/mol. The van der Waals surface area contributed by atoms with Crippen LogP contribution in [-0.2, 0) is 12.5 Å². The van der Waals surface area contributed by atoms with Crippen molar-refractivity contribution in [1.82, 2.24) is 9.78 Å². The van der Waals surface area contributed by atoms with Gasteiger partial charge in [-0.05, 0) is 29.5 Å². The average molecular weight is 202 g/mol. The quantitative estimate of drug-likeness (QED) is 0.641.